The largest absolute Gasteiger partial charge is 0.474 e. The van der Waals surface area contributed by atoms with E-state index in [4.69, 9.17) is 4.74 Å². The maximum atomic E-state index is 12.2. The Bertz CT molecular complexity index is 458. The zero-order chi connectivity index (χ0) is 14.5. The van der Waals surface area contributed by atoms with Gasteiger partial charge in [-0.05, 0) is 38.7 Å². The summed E-state index contributed by atoms with van der Waals surface area (Å²) in [6.07, 6.45) is 5.34. The summed E-state index contributed by atoms with van der Waals surface area (Å²) in [5, 5.41) is 9.26. The number of aliphatic hydroxyl groups is 1. The highest BCUT2D eigenvalue weighted by molar-refractivity contribution is 5.94. The molecule has 1 fully saturated rings. The Kier molecular flexibility index (Phi) is 4.95. The van der Waals surface area contributed by atoms with Crippen LogP contribution in [0.1, 0.15) is 43.0 Å². The molecule has 110 valence electrons. The van der Waals surface area contributed by atoms with Crippen molar-refractivity contribution in [2.45, 2.75) is 44.8 Å². The minimum Gasteiger partial charge on any atom is -0.474 e. The Hall–Kier alpha value is -1.62. The molecule has 1 atom stereocenters. The molecule has 1 N–H and O–H groups in total. The van der Waals surface area contributed by atoms with Crippen LogP contribution in [0.5, 0.6) is 5.88 Å². The number of rotatable bonds is 6. The number of carbonyl (C=O) groups excluding carboxylic acids is 1. The normalized spacial score (nSPS) is 16.4. The molecule has 1 aromatic rings. The van der Waals surface area contributed by atoms with Crippen LogP contribution < -0.4 is 4.74 Å². The van der Waals surface area contributed by atoms with Gasteiger partial charge in [0.05, 0.1) is 6.10 Å². The Morgan fingerprint density at radius 2 is 2.35 bits per heavy atom. The van der Waals surface area contributed by atoms with E-state index < -0.39 is 6.10 Å². The van der Waals surface area contributed by atoms with Crippen LogP contribution in [0.15, 0.2) is 18.3 Å². The summed E-state index contributed by atoms with van der Waals surface area (Å²) >= 11 is 0. The van der Waals surface area contributed by atoms with Crippen molar-refractivity contribution >= 4 is 5.91 Å². The molecule has 0 bridgehead atoms. The first kappa shape index (κ1) is 14.8. The number of aliphatic hydroxyl groups excluding tert-OH is 1. The molecular weight excluding hydrogens is 256 g/mol. The molecular formula is C15H22N2O3. The van der Waals surface area contributed by atoms with Crippen molar-refractivity contribution in [2.75, 3.05) is 13.6 Å². The Balaban J connectivity index is 1.96. The maximum absolute atomic E-state index is 12.2. The Labute approximate surface area is 119 Å². The summed E-state index contributed by atoms with van der Waals surface area (Å²) in [7, 11) is 1.73. The minimum atomic E-state index is -0.403. The van der Waals surface area contributed by atoms with E-state index in [0.717, 1.165) is 12.8 Å². The quantitative estimate of drug-likeness (QED) is 0.862. The molecule has 5 heteroatoms. The third kappa shape index (κ3) is 3.93. The molecule has 1 aromatic heterocycles. The van der Waals surface area contributed by atoms with Gasteiger partial charge in [-0.1, -0.05) is 0 Å². The van der Waals surface area contributed by atoms with Crippen LogP contribution in [0, 0.1) is 0 Å². The number of hydrogen-bond donors (Lipinski definition) is 1. The summed E-state index contributed by atoms with van der Waals surface area (Å²) < 4.78 is 5.70. The van der Waals surface area contributed by atoms with Gasteiger partial charge in [-0.3, -0.25) is 4.79 Å². The van der Waals surface area contributed by atoms with Crippen LogP contribution in [0.25, 0.3) is 0 Å². The summed E-state index contributed by atoms with van der Waals surface area (Å²) in [6, 6.07) is 3.38. The number of aromatic nitrogens is 1. The van der Waals surface area contributed by atoms with Gasteiger partial charge in [-0.15, -0.1) is 0 Å². The second-order valence-electron chi connectivity index (χ2n) is 5.42. The molecule has 0 saturated heterocycles. The lowest BCUT2D eigenvalue weighted by Crippen LogP contribution is -2.29. The predicted molar refractivity (Wildman–Crippen MR) is 75.8 cm³/mol. The zero-order valence-electron chi connectivity index (χ0n) is 12.1. The number of ether oxygens (including phenoxy) is 1. The van der Waals surface area contributed by atoms with Crippen molar-refractivity contribution in [2.24, 2.45) is 0 Å². The molecule has 1 heterocycles. The fourth-order valence-electron chi connectivity index (χ4n) is 1.97. The van der Waals surface area contributed by atoms with Crippen LogP contribution in [0.3, 0.4) is 0 Å². The molecule has 1 amide bonds. The van der Waals surface area contributed by atoms with Crippen molar-refractivity contribution in [1.82, 2.24) is 9.88 Å². The van der Waals surface area contributed by atoms with Gasteiger partial charge in [-0.25, -0.2) is 4.98 Å². The van der Waals surface area contributed by atoms with Gasteiger partial charge < -0.3 is 14.7 Å². The molecule has 0 aliphatic heterocycles. The van der Waals surface area contributed by atoms with Crippen LogP contribution in [-0.4, -0.2) is 46.7 Å². The van der Waals surface area contributed by atoms with Crippen LogP contribution in [0.2, 0.25) is 0 Å². The minimum absolute atomic E-state index is 0.0773. The highest BCUT2D eigenvalue weighted by Gasteiger charge is 2.20. The lowest BCUT2D eigenvalue weighted by Gasteiger charge is -2.26. The molecule has 2 rings (SSSR count). The smallest absolute Gasteiger partial charge is 0.253 e. The van der Waals surface area contributed by atoms with Crippen molar-refractivity contribution in [3.63, 3.8) is 0 Å². The molecule has 1 unspecified atom stereocenters. The summed E-state index contributed by atoms with van der Waals surface area (Å²) in [6.45, 7) is 2.24. The third-order valence-corrected chi connectivity index (χ3v) is 3.55. The van der Waals surface area contributed by atoms with Crippen molar-refractivity contribution < 1.29 is 14.6 Å². The first-order chi connectivity index (χ1) is 9.56. The van der Waals surface area contributed by atoms with Gasteiger partial charge in [-0.2, -0.15) is 0 Å². The van der Waals surface area contributed by atoms with E-state index in [9.17, 15) is 9.90 Å². The van der Waals surface area contributed by atoms with E-state index in [1.165, 1.54) is 6.42 Å². The van der Waals surface area contributed by atoms with Crippen LogP contribution in [0.4, 0.5) is 0 Å². The lowest BCUT2D eigenvalue weighted by atomic mass is 9.96. The van der Waals surface area contributed by atoms with Gasteiger partial charge in [0.25, 0.3) is 5.91 Å². The Morgan fingerprint density at radius 3 is 2.95 bits per heavy atom. The monoisotopic (exact) mass is 278 g/mol. The van der Waals surface area contributed by atoms with Crippen LogP contribution in [-0.2, 0) is 0 Å². The predicted octanol–water partition coefficient (Wildman–Crippen LogP) is 1.86. The van der Waals surface area contributed by atoms with Crippen molar-refractivity contribution in [1.29, 1.82) is 0 Å². The summed E-state index contributed by atoms with van der Waals surface area (Å²) in [5.41, 5.74) is 0.572. The summed E-state index contributed by atoms with van der Waals surface area (Å²) in [5.74, 6) is 0.441. The molecule has 5 nitrogen and oxygen atoms in total. The van der Waals surface area contributed by atoms with Gasteiger partial charge >= 0.3 is 0 Å². The van der Waals surface area contributed by atoms with E-state index in [1.807, 2.05) is 0 Å². The van der Waals surface area contributed by atoms with Crippen molar-refractivity contribution in [3.05, 3.63) is 23.9 Å². The first-order valence-corrected chi connectivity index (χ1v) is 7.12. The van der Waals surface area contributed by atoms with Crippen molar-refractivity contribution in [3.8, 4) is 5.88 Å². The van der Waals surface area contributed by atoms with E-state index in [2.05, 4.69) is 4.98 Å². The topological polar surface area (TPSA) is 62.7 Å². The zero-order valence-corrected chi connectivity index (χ0v) is 12.1. The average molecular weight is 278 g/mol. The number of hydrogen-bond acceptors (Lipinski definition) is 4. The van der Waals surface area contributed by atoms with E-state index >= 15 is 0 Å². The number of carbonyl (C=O) groups is 1. The standard InChI is InChI=1S/C15H22N2O3/c1-11(18)7-9-17(2)15(19)12-6-8-16-14(10-12)20-13-4-3-5-13/h6,8,10-11,13,18H,3-5,7,9H2,1-2H3. The Morgan fingerprint density at radius 1 is 1.60 bits per heavy atom. The van der Waals surface area contributed by atoms with Gasteiger partial charge in [0.15, 0.2) is 0 Å². The number of nitrogens with zero attached hydrogens (tertiary/aromatic N) is 2. The van der Waals surface area contributed by atoms with Gasteiger partial charge in [0, 0.05) is 31.4 Å². The highest BCUT2D eigenvalue weighted by Crippen LogP contribution is 2.24. The summed E-state index contributed by atoms with van der Waals surface area (Å²) in [4.78, 5) is 18.0. The second kappa shape index (κ2) is 6.70. The SMILES string of the molecule is CC(O)CCN(C)C(=O)c1ccnc(OC2CCC2)c1. The second-order valence-corrected chi connectivity index (χ2v) is 5.42. The first-order valence-electron chi connectivity index (χ1n) is 7.12. The molecule has 0 spiro atoms. The third-order valence-electron chi connectivity index (χ3n) is 3.55. The lowest BCUT2D eigenvalue weighted by molar-refractivity contribution is 0.0766. The average Bonchev–Trinajstić information content (AvgIpc) is 2.39. The maximum Gasteiger partial charge on any atom is 0.253 e. The molecule has 20 heavy (non-hydrogen) atoms. The molecule has 1 aliphatic carbocycles. The fourth-order valence-corrected chi connectivity index (χ4v) is 1.97. The van der Waals surface area contributed by atoms with E-state index in [1.54, 1.807) is 37.2 Å². The van der Waals surface area contributed by atoms with Gasteiger partial charge in [0.2, 0.25) is 5.88 Å². The van der Waals surface area contributed by atoms with E-state index in [0.29, 0.717) is 24.4 Å². The highest BCUT2D eigenvalue weighted by atomic mass is 16.5. The molecule has 1 aliphatic rings. The number of pyridine rings is 1. The van der Waals surface area contributed by atoms with E-state index in [-0.39, 0.29) is 12.0 Å². The molecule has 1 saturated carbocycles. The fraction of sp³-hybridized carbons (Fsp3) is 0.600. The van der Waals surface area contributed by atoms with Gasteiger partial charge in [0.1, 0.15) is 6.10 Å². The number of amides is 1. The molecule has 0 aromatic carbocycles. The molecule has 0 radical (unpaired) electrons. The van der Waals surface area contributed by atoms with Crippen LogP contribution >= 0.6 is 0 Å².